The van der Waals surface area contributed by atoms with E-state index in [2.05, 4.69) is 95.9 Å². The molecule has 3 aromatic carbocycles. The molecule has 3 saturated heterocycles. The van der Waals surface area contributed by atoms with Gasteiger partial charge in [-0.15, -0.1) is 0 Å². The Morgan fingerprint density at radius 2 is 0.870 bits per heavy atom. The third kappa shape index (κ3) is 3.84. The number of rotatable bonds is 3. The summed E-state index contributed by atoms with van der Waals surface area (Å²) in [6, 6.07) is 37.4. The van der Waals surface area contributed by atoms with Gasteiger partial charge < -0.3 is 4.74 Å². The molecule has 0 N–H and O–H groups in total. The average molecular weight is 610 g/mol. The van der Waals surface area contributed by atoms with Crippen molar-refractivity contribution in [3.63, 3.8) is 0 Å². The van der Waals surface area contributed by atoms with Crippen LogP contribution in [0.1, 0.15) is 98.7 Å². The number of morpholine rings is 1. The van der Waals surface area contributed by atoms with Gasteiger partial charge in [0.05, 0.1) is 12.2 Å². The van der Waals surface area contributed by atoms with Gasteiger partial charge in [-0.1, -0.05) is 104 Å². The number of ether oxygens (including phenoxy) is 1. The van der Waals surface area contributed by atoms with Gasteiger partial charge in [0, 0.05) is 18.1 Å². The van der Waals surface area contributed by atoms with E-state index < -0.39 is 0 Å². The summed E-state index contributed by atoms with van der Waals surface area (Å²) in [6.07, 6.45) is 14.8. The van der Waals surface area contributed by atoms with Crippen molar-refractivity contribution in [1.82, 2.24) is 4.90 Å². The van der Waals surface area contributed by atoms with Crippen LogP contribution in [0, 0.1) is 47.3 Å². The quantitative estimate of drug-likeness (QED) is 0.293. The number of piperidine rings is 2. The molecule has 0 spiro atoms. The molecule has 11 rings (SSSR count). The minimum Gasteiger partial charge on any atom is -0.372 e. The predicted octanol–water partition coefficient (Wildman–Crippen LogP) is 9.44. The Morgan fingerprint density at radius 3 is 1.35 bits per heavy atom. The van der Waals surface area contributed by atoms with E-state index in [0.717, 1.165) is 59.3 Å². The number of benzene rings is 3. The van der Waals surface area contributed by atoms with Gasteiger partial charge in [0.25, 0.3) is 0 Å². The van der Waals surface area contributed by atoms with Gasteiger partial charge in [-0.05, 0) is 133 Å². The van der Waals surface area contributed by atoms with Crippen molar-refractivity contribution >= 4 is 0 Å². The van der Waals surface area contributed by atoms with E-state index in [0.29, 0.717) is 36.1 Å². The van der Waals surface area contributed by atoms with Crippen molar-refractivity contribution in [2.24, 2.45) is 47.3 Å². The molecular weight excluding hydrogens is 558 g/mol. The summed E-state index contributed by atoms with van der Waals surface area (Å²) in [5.41, 5.74) is 4.83. The predicted molar refractivity (Wildman–Crippen MR) is 184 cm³/mol. The average Bonchev–Trinajstić information content (AvgIpc) is 3.13. The maximum atomic E-state index is 7.69. The highest BCUT2D eigenvalue weighted by Gasteiger charge is 2.70. The van der Waals surface area contributed by atoms with Crippen molar-refractivity contribution in [2.75, 3.05) is 0 Å². The molecule has 238 valence electrons. The normalized spacial score (nSPS) is 48.3. The van der Waals surface area contributed by atoms with Crippen LogP contribution in [0.2, 0.25) is 0 Å². The van der Waals surface area contributed by atoms with E-state index in [9.17, 15) is 0 Å². The summed E-state index contributed by atoms with van der Waals surface area (Å²) in [6.45, 7) is 0. The smallest absolute Gasteiger partial charge is 0.0743 e. The van der Waals surface area contributed by atoms with Gasteiger partial charge in [0.2, 0.25) is 0 Å². The van der Waals surface area contributed by atoms with Crippen molar-refractivity contribution in [1.29, 1.82) is 0 Å². The Hall–Kier alpha value is -2.42. The lowest BCUT2D eigenvalue weighted by molar-refractivity contribution is -0.308. The second-order valence-electron chi connectivity index (χ2n) is 17.2. The number of hydrogen-bond acceptors (Lipinski definition) is 2. The van der Waals surface area contributed by atoms with Crippen molar-refractivity contribution < 1.29 is 4.74 Å². The topological polar surface area (TPSA) is 12.5 Å². The van der Waals surface area contributed by atoms with Crippen LogP contribution in [0.4, 0.5) is 0 Å². The van der Waals surface area contributed by atoms with Gasteiger partial charge in [0.1, 0.15) is 0 Å². The standard InChI is InChI=1S/C44H51NO/c1-4-12-26(13-5-1)29-22-36-32-20-10-18-30-34(27-14-6-2-7-15-27)24-38-43(40(30)32)45-42(36)37(23-29)33-21-11-19-31-35(28-16-8-3-9-17-28)25-39(46-38)44(45)41(31)33/h1-9,12-17,29-44H,10-11,18-25H2. The molecule has 3 aliphatic heterocycles. The fraction of sp³-hybridized carbons (Fsp3) is 0.591. The van der Waals surface area contributed by atoms with E-state index in [1.54, 1.807) is 16.7 Å². The van der Waals surface area contributed by atoms with Crippen LogP contribution in [0.15, 0.2) is 91.0 Å². The summed E-state index contributed by atoms with van der Waals surface area (Å²) in [7, 11) is 0. The second-order valence-corrected chi connectivity index (χ2v) is 17.2. The summed E-state index contributed by atoms with van der Waals surface area (Å²) in [5.74, 6) is 8.76. The van der Waals surface area contributed by atoms with Gasteiger partial charge in [-0.2, -0.15) is 0 Å². The second kappa shape index (κ2) is 10.5. The van der Waals surface area contributed by atoms with Crippen LogP contribution in [-0.4, -0.2) is 35.2 Å². The largest absolute Gasteiger partial charge is 0.372 e. The molecule has 5 aliphatic carbocycles. The molecule has 0 radical (unpaired) electrons. The molecule has 14 atom stereocenters. The Bertz CT molecular complexity index is 1460. The lowest BCUT2D eigenvalue weighted by Crippen LogP contribution is -2.81. The lowest BCUT2D eigenvalue weighted by Gasteiger charge is -2.75. The number of fused-ring (bicyclic) bond motifs is 2. The van der Waals surface area contributed by atoms with Crippen LogP contribution in [-0.2, 0) is 4.74 Å². The molecule has 5 saturated carbocycles. The molecule has 14 unspecified atom stereocenters. The Labute approximate surface area is 276 Å². The zero-order valence-electron chi connectivity index (χ0n) is 27.3. The first-order valence-corrected chi connectivity index (χ1v) is 19.4. The van der Waals surface area contributed by atoms with Crippen molar-refractivity contribution in [2.45, 2.75) is 112 Å². The number of hydrogen-bond donors (Lipinski definition) is 0. The van der Waals surface area contributed by atoms with Gasteiger partial charge in [-0.25, -0.2) is 0 Å². The monoisotopic (exact) mass is 609 g/mol. The minimum atomic E-state index is 0.398. The SMILES string of the molecule is c1ccc(C2CC3C4CCCC5C(c6ccccc6)CC6OC7CC(c8ccccc8)C8CCCC9C(C2)C3N(C6C54)C7C89)cc1. The van der Waals surface area contributed by atoms with E-state index in [1.165, 1.54) is 64.2 Å². The van der Waals surface area contributed by atoms with E-state index >= 15 is 0 Å². The minimum absolute atomic E-state index is 0.398. The van der Waals surface area contributed by atoms with Gasteiger partial charge >= 0.3 is 0 Å². The van der Waals surface area contributed by atoms with E-state index in [4.69, 9.17) is 4.74 Å². The highest BCUT2D eigenvalue weighted by Crippen LogP contribution is 2.69. The molecule has 2 nitrogen and oxygen atoms in total. The van der Waals surface area contributed by atoms with Crippen molar-refractivity contribution in [3.05, 3.63) is 108 Å². The van der Waals surface area contributed by atoms with Crippen LogP contribution < -0.4 is 0 Å². The molecule has 0 amide bonds. The highest BCUT2D eigenvalue weighted by molar-refractivity contribution is 5.31. The van der Waals surface area contributed by atoms with Crippen LogP contribution in [0.5, 0.6) is 0 Å². The van der Waals surface area contributed by atoms with Gasteiger partial charge in [0.15, 0.2) is 0 Å². The van der Waals surface area contributed by atoms with Crippen molar-refractivity contribution in [3.8, 4) is 0 Å². The molecular formula is C44H51NO. The molecule has 0 bridgehead atoms. The first-order chi connectivity index (χ1) is 22.8. The fourth-order valence-electron chi connectivity index (χ4n) is 14.8. The first-order valence-electron chi connectivity index (χ1n) is 19.4. The zero-order valence-corrected chi connectivity index (χ0v) is 27.3. The Kier molecular flexibility index (Phi) is 6.31. The maximum Gasteiger partial charge on any atom is 0.0743 e. The summed E-state index contributed by atoms with van der Waals surface area (Å²) in [5, 5.41) is 0. The molecule has 3 aromatic rings. The molecule has 8 fully saturated rings. The van der Waals surface area contributed by atoms with Crippen LogP contribution in [0.3, 0.4) is 0 Å². The fourth-order valence-corrected chi connectivity index (χ4v) is 14.8. The lowest BCUT2D eigenvalue weighted by atomic mass is 9.43. The maximum absolute atomic E-state index is 7.69. The summed E-state index contributed by atoms with van der Waals surface area (Å²) >= 11 is 0. The Balaban J connectivity index is 1.08. The Morgan fingerprint density at radius 1 is 0.435 bits per heavy atom. The summed E-state index contributed by atoms with van der Waals surface area (Å²) < 4.78 is 7.69. The first kappa shape index (κ1) is 27.5. The third-order valence-electron chi connectivity index (χ3n) is 15.9. The van der Waals surface area contributed by atoms with E-state index in [-0.39, 0.29) is 0 Å². The number of nitrogens with zero attached hydrogens (tertiary/aromatic N) is 1. The highest BCUT2D eigenvalue weighted by atomic mass is 16.5. The molecule has 8 aliphatic rings. The third-order valence-corrected chi connectivity index (χ3v) is 15.9. The molecule has 2 heteroatoms. The van der Waals surface area contributed by atoms with Crippen LogP contribution in [0.25, 0.3) is 0 Å². The van der Waals surface area contributed by atoms with Crippen LogP contribution >= 0.6 is 0 Å². The van der Waals surface area contributed by atoms with Gasteiger partial charge in [-0.3, -0.25) is 4.90 Å². The molecule has 3 heterocycles. The van der Waals surface area contributed by atoms with E-state index in [1.807, 2.05) is 0 Å². The molecule has 46 heavy (non-hydrogen) atoms. The zero-order chi connectivity index (χ0) is 29.9. The summed E-state index contributed by atoms with van der Waals surface area (Å²) in [4.78, 5) is 3.36. The molecule has 0 aromatic heterocycles.